The van der Waals surface area contributed by atoms with Crippen molar-refractivity contribution in [1.29, 1.82) is 0 Å². The normalized spacial score (nSPS) is 21.7. The summed E-state index contributed by atoms with van der Waals surface area (Å²) in [6.45, 7) is 19.9. The van der Waals surface area contributed by atoms with Crippen LogP contribution in [-0.4, -0.2) is 12.1 Å². The minimum Gasteiger partial charge on any atom is -0.365 e. The van der Waals surface area contributed by atoms with Crippen LogP contribution in [0.15, 0.2) is 42.5 Å². The zero-order valence-electron chi connectivity index (χ0n) is 19.3. The smallest absolute Gasteiger partial charge is 0.0435 e. The average Bonchev–Trinajstić information content (AvgIpc) is 2.84. The number of aryl methyl sites for hydroxylation is 1. The number of anilines is 1. The van der Waals surface area contributed by atoms with Crippen molar-refractivity contribution in [3.05, 3.63) is 64.7 Å². The summed E-state index contributed by atoms with van der Waals surface area (Å²) in [5.74, 6) is 1.24. The fourth-order valence-electron chi connectivity index (χ4n) is 5.28. The van der Waals surface area contributed by atoms with Crippen molar-refractivity contribution in [1.82, 2.24) is 0 Å². The summed E-state index contributed by atoms with van der Waals surface area (Å²) in [4.78, 5) is 2.69. The Hall–Kier alpha value is -1.76. The molecule has 2 aromatic rings. The van der Waals surface area contributed by atoms with E-state index in [1.165, 1.54) is 34.4 Å². The molecule has 1 heteroatoms. The number of rotatable bonds is 5. The van der Waals surface area contributed by atoms with Gasteiger partial charge in [0.15, 0.2) is 0 Å². The van der Waals surface area contributed by atoms with Gasteiger partial charge in [-0.1, -0.05) is 77.1 Å². The Balaban J connectivity index is 1.96. The molecule has 1 aliphatic rings. The van der Waals surface area contributed by atoms with Gasteiger partial charge in [-0.05, 0) is 67.7 Å². The Morgan fingerprint density at radius 3 is 2.14 bits per heavy atom. The summed E-state index contributed by atoms with van der Waals surface area (Å²) in [6.07, 6.45) is 2.34. The first-order valence-corrected chi connectivity index (χ1v) is 11.0. The predicted octanol–water partition coefficient (Wildman–Crippen LogP) is 7.26. The maximum Gasteiger partial charge on any atom is 0.0435 e. The van der Waals surface area contributed by atoms with E-state index in [0.29, 0.717) is 11.8 Å². The maximum atomic E-state index is 2.69. The van der Waals surface area contributed by atoms with Crippen LogP contribution in [0.5, 0.6) is 0 Å². The highest BCUT2D eigenvalue weighted by molar-refractivity contribution is 5.64. The summed E-state index contributed by atoms with van der Waals surface area (Å²) >= 11 is 0. The van der Waals surface area contributed by atoms with Crippen LogP contribution < -0.4 is 4.90 Å². The van der Waals surface area contributed by atoms with Crippen LogP contribution >= 0.6 is 0 Å². The van der Waals surface area contributed by atoms with Gasteiger partial charge in [-0.2, -0.15) is 0 Å². The molecule has 1 nitrogen and oxygen atoms in total. The zero-order valence-corrected chi connectivity index (χ0v) is 19.3. The Labute approximate surface area is 173 Å². The van der Waals surface area contributed by atoms with Crippen molar-refractivity contribution in [3.63, 3.8) is 0 Å². The lowest BCUT2D eigenvalue weighted by molar-refractivity contribution is 0.444. The minimum absolute atomic E-state index is 0.140. The highest BCUT2D eigenvalue weighted by Gasteiger charge is 2.47. The van der Waals surface area contributed by atoms with Gasteiger partial charge in [0.05, 0.1) is 0 Å². The van der Waals surface area contributed by atoms with Crippen molar-refractivity contribution in [3.8, 4) is 0 Å². The van der Waals surface area contributed by atoms with Gasteiger partial charge in [0.1, 0.15) is 0 Å². The van der Waals surface area contributed by atoms with E-state index < -0.39 is 0 Å². The van der Waals surface area contributed by atoms with Crippen molar-refractivity contribution in [2.45, 2.75) is 85.1 Å². The van der Waals surface area contributed by atoms with Gasteiger partial charge >= 0.3 is 0 Å². The van der Waals surface area contributed by atoms with Gasteiger partial charge in [-0.25, -0.2) is 0 Å². The second-order valence-electron chi connectivity index (χ2n) is 10.6. The molecule has 1 atom stereocenters. The highest BCUT2D eigenvalue weighted by Crippen LogP contribution is 2.48. The van der Waals surface area contributed by atoms with Crippen LogP contribution in [0.1, 0.15) is 83.1 Å². The molecule has 1 heterocycles. The fourth-order valence-corrected chi connectivity index (χ4v) is 5.28. The van der Waals surface area contributed by atoms with Gasteiger partial charge in [0.2, 0.25) is 0 Å². The van der Waals surface area contributed by atoms with E-state index in [-0.39, 0.29) is 11.0 Å². The molecular formula is C27H39N. The molecule has 3 rings (SSSR count). The van der Waals surface area contributed by atoms with E-state index in [0.717, 1.165) is 13.0 Å². The minimum atomic E-state index is 0.140. The van der Waals surface area contributed by atoms with Crippen molar-refractivity contribution in [2.24, 2.45) is 5.92 Å². The summed E-state index contributed by atoms with van der Waals surface area (Å²) in [7, 11) is 0. The van der Waals surface area contributed by atoms with Gasteiger partial charge < -0.3 is 4.90 Å². The summed E-state index contributed by atoms with van der Waals surface area (Å²) in [5.41, 5.74) is 7.59. The average molecular weight is 378 g/mol. The SMILES string of the molecule is Cc1cccc(C(C)C)c1N1CC(C)(c2ccc(CC(C)C)cc2)CC1(C)C. The summed E-state index contributed by atoms with van der Waals surface area (Å²) < 4.78 is 0. The lowest BCUT2D eigenvalue weighted by atomic mass is 9.77. The standard InChI is InChI=1S/C27H39N/c1-19(2)16-22-12-14-23(15-13-22)27(8)17-26(6,7)28(18-27)25-21(5)10-9-11-24(25)20(3)4/h9-15,19-20H,16-18H2,1-8H3. The first kappa shape index (κ1) is 21.0. The molecule has 0 radical (unpaired) electrons. The molecule has 0 spiro atoms. The van der Waals surface area contributed by atoms with Gasteiger partial charge in [0.25, 0.3) is 0 Å². The number of hydrogen-bond acceptors (Lipinski definition) is 1. The van der Waals surface area contributed by atoms with E-state index in [1.54, 1.807) is 0 Å². The third kappa shape index (κ3) is 4.00. The van der Waals surface area contributed by atoms with E-state index >= 15 is 0 Å². The van der Waals surface area contributed by atoms with Crippen LogP contribution in [0, 0.1) is 12.8 Å². The molecule has 0 saturated carbocycles. The first-order valence-electron chi connectivity index (χ1n) is 11.0. The lowest BCUT2D eigenvalue weighted by Gasteiger charge is -2.37. The molecule has 1 fully saturated rings. The molecule has 0 N–H and O–H groups in total. The van der Waals surface area contributed by atoms with Crippen LogP contribution in [0.3, 0.4) is 0 Å². The molecule has 1 saturated heterocycles. The number of benzene rings is 2. The van der Waals surface area contributed by atoms with Crippen LogP contribution in [0.4, 0.5) is 5.69 Å². The molecule has 0 amide bonds. The topological polar surface area (TPSA) is 3.24 Å². The van der Waals surface area contributed by atoms with Crippen LogP contribution in [0.25, 0.3) is 0 Å². The Morgan fingerprint density at radius 1 is 0.929 bits per heavy atom. The molecule has 1 aliphatic heterocycles. The second-order valence-corrected chi connectivity index (χ2v) is 10.6. The molecule has 2 aromatic carbocycles. The van der Waals surface area contributed by atoms with Gasteiger partial charge in [-0.15, -0.1) is 0 Å². The number of hydrogen-bond donors (Lipinski definition) is 0. The van der Waals surface area contributed by atoms with Gasteiger partial charge in [0, 0.05) is 23.2 Å². The first-order chi connectivity index (χ1) is 13.0. The molecule has 152 valence electrons. The zero-order chi connectivity index (χ0) is 20.7. The largest absolute Gasteiger partial charge is 0.365 e. The van der Waals surface area contributed by atoms with Crippen molar-refractivity contribution < 1.29 is 0 Å². The summed E-state index contributed by atoms with van der Waals surface area (Å²) in [6, 6.07) is 16.3. The van der Waals surface area contributed by atoms with Crippen LogP contribution in [-0.2, 0) is 11.8 Å². The maximum absolute atomic E-state index is 2.69. The third-order valence-electron chi connectivity index (χ3n) is 6.52. The summed E-state index contributed by atoms with van der Waals surface area (Å²) in [5, 5.41) is 0. The molecule has 0 aliphatic carbocycles. The van der Waals surface area contributed by atoms with E-state index in [2.05, 4.69) is 103 Å². The Bertz CT molecular complexity index is 813. The molecular weight excluding hydrogens is 338 g/mol. The predicted molar refractivity (Wildman–Crippen MR) is 124 cm³/mol. The Kier molecular flexibility index (Phi) is 5.67. The molecule has 1 unspecified atom stereocenters. The van der Waals surface area contributed by atoms with Crippen molar-refractivity contribution in [2.75, 3.05) is 11.4 Å². The van der Waals surface area contributed by atoms with Crippen molar-refractivity contribution >= 4 is 5.69 Å². The third-order valence-corrected chi connectivity index (χ3v) is 6.52. The molecule has 0 bridgehead atoms. The van der Waals surface area contributed by atoms with Gasteiger partial charge in [-0.3, -0.25) is 0 Å². The van der Waals surface area contributed by atoms with E-state index in [4.69, 9.17) is 0 Å². The fraction of sp³-hybridized carbons (Fsp3) is 0.556. The van der Waals surface area contributed by atoms with E-state index in [1.807, 2.05) is 0 Å². The molecule has 0 aromatic heterocycles. The lowest BCUT2D eigenvalue weighted by Crippen LogP contribution is -2.39. The number of para-hydroxylation sites is 1. The second kappa shape index (κ2) is 7.58. The quantitative estimate of drug-likeness (QED) is 0.530. The number of nitrogens with zero attached hydrogens (tertiary/aromatic N) is 1. The van der Waals surface area contributed by atoms with E-state index in [9.17, 15) is 0 Å². The highest BCUT2D eigenvalue weighted by atomic mass is 15.2. The monoisotopic (exact) mass is 377 g/mol. The van der Waals surface area contributed by atoms with Crippen LogP contribution in [0.2, 0.25) is 0 Å². The molecule has 28 heavy (non-hydrogen) atoms. The Morgan fingerprint density at radius 2 is 1.57 bits per heavy atom.